The quantitative estimate of drug-likeness (QED) is 0.472. The molecule has 7 heteroatoms. The van der Waals surface area contributed by atoms with E-state index in [1.165, 1.54) is 0 Å². The Morgan fingerprint density at radius 3 is 2.90 bits per heavy atom. The number of nitrogens with zero attached hydrogens (tertiary/aromatic N) is 4. The fourth-order valence-corrected chi connectivity index (χ4v) is 4.00. The molecule has 29 heavy (non-hydrogen) atoms. The van der Waals surface area contributed by atoms with Gasteiger partial charge in [-0.1, -0.05) is 15.9 Å². The Hall–Kier alpha value is -2.90. The Kier molecular flexibility index (Phi) is 4.69. The zero-order chi connectivity index (χ0) is 19.8. The summed E-state index contributed by atoms with van der Waals surface area (Å²) in [5, 5.41) is 0.597. The molecule has 0 saturated carbocycles. The number of rotatable bonds is 3. The number of aromatic nitrogens is 3. The molecule has 1 aliphatic heterocycles. The van der Waals surface area contributed by atoms with Crippen LogP contribution < -0.4 is 5.43 Å². The van der Waals surface area contributed by atoms with Gasteiger partial charge in [-0.05, 0) is 30.3 Å². The van der Waals surface area contributed by atoms with E-state index in [1.807, 2.05) is 30.5 Å². The van der Waals surface area contributed by atoms with Crippen LogP contribution in [0.15, 0.2) is 68.9 Å². The van der Waals surface area contributed by atoms with E-state index in [9.17, 15) is 4.79 Å². The van der Waals surface area contributed by atoms with Gasteiger partial charge in [0.2, 0.25) is 0 Å². The topological polar surface area (TPSA) is 72.1 Å². The van der Waals surface area contributed by atoms with E-state index in [-0.39, 0.29) is 5.43 Å². The van der Waals surface area contributed by atoms with Crippen LogP contribution in [0, 0.1) is 0 Å². The lowest BCUT2D eigenvalue weighted by Gasteiger charge is -2.27. The van der Waals surface area contributed by atoms with Gasteiger partial charge >= 0.3 is 0 Å². The van der Waals surface area contributed by atoms with E-state index in [2.05, 4.69) is 30.8 Å². The van der Waals surface area contributed by atoms with Crippen molar-refractivity contribution in [1.29, 1.82) is 0 Å². The number of halogens is 1. The molecule has 6 nitrogen and oxygen atoms in total. The summed E-state index contributed by atoms with van der Waals surface area (Å²) in [4.78, 5) is 28.4. The average Bonchev–Trinajstić information content (AvgIpc) is 2.76. The fraction of sp³-hybridized carbons (Fsp3) is 0.182. The van der Waals surface area contributed by atoms with Gasteiger partial charge in [0.05, 0.1) is 17.3 Å². The molecule has 0 aliphatic carbocycles. The summed E-state index contributed by atoms with van der Waals surface area (Å²) in [5.41, 5.74) is 4.41. The monoisotopic (exact) mass is 448 g/mol. The molecular formula is C22H17BrN4O2. The molecule has 3 aromatic heterocycles. The van der Waals surface area contributed by atoms with Gasteiger partial charge in [0, 0.05) is 65.8 Å². The molecule has 0 bridgehead atoms. The Morgan fingerprint density at radius 2 is 2.03 bits per heavy atom. The molecule has 0 spiro atoms. The van der Waals surface area contributed by atoms with E-state index in [0.717, 1.165) is 40.1 Å². The minimum atomic E-state index is 0.0163. The van der Waals surface area contributed by atoms with Crippen LogP contribution in [0.3, 0.4) is 0 Å². The number of benzene rings is 1. The summed E-state index contributed by atoms with van der Waals surface area (Å²) in [7, 11) is 0. The second kappa shape index (κ2) is 7.50. The summed E-state index contributed by atoms with van der Waals surface area (Å²) in [6, 6.07) is 9.30. The Labute approximate surface area is 175 Å². The van der Waals surface area contributed by atoms with E-state index < -0.39 is 0 Å². The highest BCUT2D eigenvalue weighted by Gasteiger charge is 2.20. The first-order valence-electron chi connectivity index (χ1n) is 9.35. The van der Waals surface area contributed by atoms with Gasteiger partial charge in [-0.2, -0.15) is 0 Å². The molecule has 0 radical (unpaired) electrons. The van der Waals surface area contributed by atoms with Crippen molar-refractivity contribution in [2.45, 2.75) is 19.5 Å². The molecule has 1 aliphatic rings. The smallest absolute Gasteiger partial charge is 0.197 e. The normalized spacial score (nSPS) is 14.1. The van der Waals surface area contributed by atoms with Crippen LogP contribution in [0.2, 0.25) is 0 Å². The molecular weight excluding hydrogens is 432 g/mol. The van der Waals surface area contributed by atoms with Crippen LogP contribution in [0.25, 0.3) is 22.4 Å². The maximum absolute atomic E-state index is 12.9. The van der Waals surface area contributed by atoms with E-state index in [1.54, 1.807) is 24.7 Å². The Bertz CT molecular complexity index is 1260. The largest absolute Gasteiger partial charge is 0.464 e. The van der Waals surface area contributed by atoms with Crippen LogP contribution in [0.5, 0.6) is 0 Å². The second-order valence-electron chi connectivity index (χ2n) is 7.09. The first-order valence-corrected chi connectivity index (χ1v) is 10.1. The summed E-state index contributed by atoms with van der Waals surface area (Å²) in [6.07, 6.45) is 7.78. The summed E-state index contributed by atoms with van der Waals surface area (Å²) < 4.78 is 6.54. The van der Waals surface area contributed by atoms with E-state index >= 15 is 0 Å². The Balaban J connectivity index is 1.38. The van der Waals surface area contributed by atoms with Gasteiger partial charge in [0.15, 0.2) is 11.3 Å². The summed E-state index contributed by atoms with van der Waals surface area (Å²) in [5.74, 6) is 0.723. The lowest BCUT2D eigenvalue weighted by Crippen LogP contribution is -2.32. The molecule has 0 fully saturated rings. The lowest BCUT2D eigenvalue weighted by molar-refractivity contribution is 0.240. The van der Waals surface area contributed by atoms with Gasteiger partial charge in [0.1, 0.15) is 5.58 Å². The van der Waals surface area contributed by atoms with Crippen molar-refractivity contribution in [3.8, 4) is 11.4 Å². The molecule has 0 N–H and O–H groups in total. The van der Waals surface area contributed by atoms with Crippen LogP contribution in [0.1, 0.15) is 16.8 Å². The number of pyridine rings is 1. The van der Waals surface area contributed by atoms with Gasteiger partial charge in [-0.25, -0.2) is 9.97 Å². The van der Waals surface area contributed by atoms with Crippen molar-refractivity contribution in [1.82, 2.24) is 19.9 Å². The van der Waals surface area contributed by atoms with Crippen molar-refractivity contribution < 1.29 is 4.42 Å². The van der Waals surface area contributed by atoms with E-state index in [4.69, 9.17) is 9.40 Å². The minimum Gasteiger partial charge on any atom is -0.464 e. The van der Waals surface area contributed by atoms with Gasteiger partial charge in [0.25, 0.3) is 0 Å². The average molecular weight is 449 g/mol. The lowest BCUT2D eigenvalue weighted by atomic mass is 10.1. The predicted molar refractivity (Wildman–Crippen MR) is 113 cm³/mol. The third kappa shape index (κ3) is 3.59. The molecule has 4 heterocycles. The zero-order valence-electron chi connectivity index (χ0n) is 15.5. The SMILES string of the molecule is O=c1c(CN2CCc3nc(-c4ccncc4)ncc3C2)coc2ccc(Br)cc12. The molecule has 5 rings (SSSR count). The third-order valence-corrected chi connectivity index (χ3v) is 5.64. The van der Waals surface area contributed by atoms with Crippen molar-refractivity contribution >= 4 is 26.9 Å². The van der Waals surface area contributed by atoms with Crippen LogP contribution >= 0.6 is 15.9 Å². The van der Waals surface area contributed by atoms with Gasteiger partial charge < -0.3 is 4.42 Å². The van der Waals surface area contributed by atoms with Crippen LogP contribution in [-0.2, 0) is 19.5 Å². The highest BCUT2D eigenvalue weighted by molar-refractivity contribution is 9.10. The molecule has 0 unspecified atom stereocenters. The second-order valence-corrected chi connectivity index (χ2v) is 8.01. The molecule has 0 atom stereocenters. The zero-order valence-corrected chi connectivity index (χ0v) is 17.1. The van der Waals surface area contributed by atoms with Crippen molar-refractivity contribution in [3.05, 3.63) is 86.7 Å². The number of hydrogen-bond donors (Lipinski definition) is 0. The number of hydrogen-bond acceptors (Lipinski definition) is 6. The highest BCUT2D eigenvalue weighted by Crippen LogP contribution is 2.22. The Morgan fingerprint density at radius 1 is 1.17 bits per heavy atom. The van der Waals surface area contributed by atoms with Crippen molar-refractivity contribution in [2.75, 3.05) is 6.54 Å². The van der Waals surface area contributed by atoms with Crippen molar-refractivity contribution in [3.63, 3.8) is 0 Å². The highest BCUT2D eigenvalue weighted by atomic mass is 79.9. The molecule has 144 valence electrons. The van der Waals surface area contributed by atoms with Gasteiger partial charge in [-0.15, -0.1) is 0 Å². The molecule has 0 saturated heterocycles. The first-order chi connectivity index (χ1) is 14.2. The third-order valence-electron chi connectivity index (χ3n) is 5.15. The molecule has 0 amide bonds. The minimum absolute atomic E-state index is 0.0163. The fourth-order valence-electron chi connectivity index (χ4n) is 3.64. The maximum Gasteiger partial charge on any atom is 0.197 e. The first kappa shape index (κ1) is 18.1. The van der Waals surface area contributed by atoms with E-state index in [0.29, 0.717) is 29.6 Å². The summed E-state index contributed by atoms with van der Waals surface area (Å²) in [6.45, 7) is 2.08. The molecule has 4 aromatic rings. The van der Waals surface area contributed by atoms with Crippen LogP contribution in [-0.4, -0.2) is 26.4 Å². The molecule has 1 aromatic carbocycles. The summed E-state index contributed by atoms with van der Waals surface area (Å²) >= 11 is 3.42. The predicted octanol–water partition coefficient (Wildman–Crippen LogP) is 3.97. The maximum atomic E-state index is 12.9. The number of fused-ring (bicyclic) bond motifs is 2. The van der Waals surface area contributed by atoms with Gasteiger partial charge in [-0.3, -0.25) is 14.7 Å². The van der Waals surface area contributed by atoms with Crippen LogP contribution in [0.4, 0.5) is 0 Å². The standard InChI is InChI=1S/C22H17BrN4O2/c23-17-1-2-20-18(9-17)21(28)16(13-29-20)12-27-8-5-19-15(11-27)10-25-22(26-19)14-3-6-24-7-4-14/h1-4,6-7,9-10,13H,5,8,11-12H2. The van der Waals surface area contributed by atoms with Crippen molar-refractivity contribution in [2.24, 2.45) is 0 Å².